The van der Waals surface area contributed by atoms with Gasteiger partial charge in [0, 0.05) is 44.5 Å². The molecular formula is C21H23ClF3N5O. The summed E-state index contributed by atoms with van der Waals surface area (Å²) in [7, 11) is 0. The largest absolute Gasteiger partial charge is 0.417 e. The number of pyridine rings is 2. The van der Waals surface area contributed by atoms with Gasteiger partial charge in [0.1, 0.15) is 5.82 Å². The number of halogens is 4. The van der Waals surface area contributed by atoms with Crippen molar-refractivity contribution in [3.63, 3.8) is 0 Å². The molecule has 2 saturated heterocycles. The first-order valence-corrected chi connectivity index (χ1v) is 10.7. The van der Waals surface area contributed by atoms with Gasteiger partial charge in [0.15, 0.2) is 5.82 Å². The van der Waals surface area contributed by atoms with Crippen molar-refractivity contribution in [2.24, 2.45) is 5.92 Å². The van der Waals surface area contributed by atoms with Crippen LogP contribution < -0.4 is 15.1 Å². The van der Waals surface area contributed by atoms with E-state index in [-0.39, 0.29) is 16.8 Å². The molecule has 10 heteroatoms. The van der Waals surface area contributed by atoms with Gasteiger partial charge in [-0.1, -0.05) is 11.6 Å². The van der Waals surface area contributed by atoms with Crippen LogP contribution in [-0.4, -0.2) is 42.1 Å². The molecule has 2 aromatic rings. The van der Waals surface area contributed by atoms with E-state index in [1.165, 1.54) is 0 Å². The lowest BCUT2D eigenvalue weighted by Crippen LogP contribution is -2.39. The van der Waals surface area contributed by atoms with Gasteiger partial charge in [-0.3, -0.25) is 4.79 Å². The minimum absolute atomic E-state index is 0.0386. The Hall–Kier alpha value is -2.55. The summed E-state index contributed by atoms with van der Waals surface area (Å²) in [6.07, 6.45) is 1.38. The second-order valence-electron chi connectivity index (χ2n) is 7.85. The number of hydrogen-bond donors (Lipinski definition) is 1. The van der Waals surface area contributed by atoms with Crippen LogP contribution in [0.4, 0.5) is 30.5 Å². The monoisotopic (exact) mass is 453 g/mol. The first kappa shape index (κ1) is 21.7. The minimum Gasteiger partial charge on any atom is -0.355 e. The summed E-state index contributed by atoms with van der Waals surface area (Å²) < 4.78 is 38.5. The van der Waals surface area contributed by atoms with Crippen molar-refractivity contribution in [1.82, 2.24) is 9.97 Å². The fraction of sp³-hybridized carbons (Fsp3) is 0.476. The second kappa shape index (κ2) is 8.90. The maximum atomic E-state index is 12.9. The Kier molecular flexibility index (Phi) is 6.22. The first-order chi connectivity index (χ1) is 14.8. The number of alkyl halides is 3. The standard InChI is InChI=1S/C21H23ClF3N5O/c22-16-12-15(21(23,24)25)13-27-18(16)30-10-5-14(6-11-30)20(31)28-17-4-3-7-26-19(17)29-8-1-2-9-29/h3-4,7,12-14H,1-2,5-6,8-11H2,(H,28,31). The van der Waals surface area contributed by atoms with Gasteiger partial charge in [0.2, 0.25) is 5.91 Å². The Bertz CT molecular complexity index is 941. The molecule has 1 N–H and O–H groups in total. The van der Waals surface area contributed by atoms with E-state index in [9.17, 15) is 18.0 Å². The first-order valence-electron chi connectivity index (χ1n) is 10.3. The lowest BCUT2D eigenvalue weighted by Gasteiger charge is -2.33. The van der Waals surface area contributed by atoms with Crippen LogP contribution in [0.25, 0.3) is 0 Å². The Morgan fingerprint density at radius 1 is 1.06 bits per heavy atom. The zero-order valence-electron chi connectivity index (χ0n) is 16.8. The number of carbonyl (C=O) groups is 1. The molecule has 1 amide bonds. The van der Waals surface area contributed by atoms with Gasteiger partial charge < -0.3 is 15.1 Å². The van der Waals surface area contributed by atoms with Crippen molar-refractivity contribution in [3.8, 4) is 0 Å². The molecule has 0 saturated carbocycles. The third kappa shape index (κ3) is 4.87. The lowest BCUT2D eigenvalue weighted by atomic mass is 9.95. The summed E-state index contributed by atoms with van der Waals surface area (Å²) in [5.41, 5.74) is -0.162. The van der Waals surface area contributed by atoms with E-state index in [4.69, 9.17) is 11.6 Å². The van der Waals surface area contributed by atoms with Crippen molar-refractivity contribution in [2.75, 3.05) is 41.3 Å². The fourth-order valence-corrected chi connectivity index (χ4v) is 4.37. The van der Waals surface area contributed by atoms with E-state index in [2.05, 4.69) is 20.2 Å². The average molecular weight is 454 g/mol. The topological polar surface area (TPSA) is 61.4 Å². The second-order valence-corrected chi connectivity index (χ2v) is 8.25. The maximum absolute atomic E-state index is 12.9. The van der Waals surface area contributed by atoms with Crippen LogP contribution in [0.1, 0.15) is 31.2 Å². The molecule has 2 fully saturated rings. The molecule has 6 nitrogen and oxygen atoms in total. The van der Waals surface area contributed by atoms with Gasteiger partial charge in [-0.25, -0.2) is 9.97 Å². The molecule has 0 unspecified atom stereocenters. The summed E-state index contributed by atoms with van der Waals surface area (Å²) >= 11 is 6.06. The number of rotatable bonds is 4. The van der Waals surface area contributed by atoms with Crippen molar-refractivity contribution in [1.29, 1.82) is 0 Å². The summed E-state index contributed by atoms with van der Waals surface area (Å²) in [6, 6.07) is 4.56. The molecule has 0 bridgehead atoms. The van der Waals surface area contributed by atoms with Gasteiger partial charge in [-0.2, -0.15) is 13.2 Å². The van der Waals surface area contributed by atoms with Gasteiger partial charge in [-0.05, 0) is 43.9 Å². The summed E-state index contributed by atoms with van der Waals surface area (Å²) in [5.74, 6) is 0.847. The summed E-state index contributed by atoms with van der Waals surface area (Å²) in [5, 5.41) is 2.98. The molecule has 2 aliphatic rings. The molecule has 2 aromatic heterocycles. The highest BCUT2D eigenvalue weighted by Crippen LogP contribution is 2.35. The van der Waals surface area contributed by atoms with E-state index in [0.29, 0.717) is 37.4 Å². The molecule has 2 aliphatic heterocycles. The number of anilines is 3. The van der Waals surface area contributed by atoms with E-state index in [0.717, 1.165) is 44.0 Å². The van der Waals surface area contributed by atoms with Crippen LogP contribution in [0.3, 0.4) is 0 Å². The van der Waals surface area contributed by atoms with Gasteiger partial charge in [0.05, 0.1) is 16.3 Å². The van der Waals surface area contributed by atoms with Crippen molar-refractivity contribution in [2.45, 2.75) is 31.9 Å². The van der Waals surface area contributed by atoms with Crippen molar-refractivity contribution in [3.05, 3.63) is 41.2 Å². The molecule has 0 atom stereocenters. The smallest absolute Gasteiger partial charge is 0.355 e. The molecule has 0 aliphatic carbocycles. The fourth-order valence-electron chi connectivity index (χ4n) is 4.08. The number of hydrogen-bond acceptors (Lipinski definition) is 5. The molecule has 0 aromatic carbocycles. The highest BCUT2D eigenvalue weighted by molar-refractivity contribution is 6.33. The van der Waals surface area contributed by atoms with Gasteiger partial charge in [0.25, 0.3) is 0 Å². The molecule has 31 heavy (non-hydrogen) atoms. The Morgan fingerprint density at radius 2 is 1.74 bits per heavy atom. The number of carbonyl (C=O) groups excluding carboxylic acids is 1. The summed E-state index contributed by atoms with van der Waals surface area (Å²) in [6.45, 7) is 2.84. The highest BCUT2D eigenvalue weighted by Gasteiger charge is 2.33. The zero-order chi connectivity index (χ0) is 22.0. The SMILES string of the molecule is O=C(Nc1cccnc1N1CCCC1)C1CCN(c2ncc(C(F)(F)F)cc2Cl)CC1. The van der Waals surface area contributed by atoms with Gasteiger partial charge >= 0.3 is 6.18 Å². The predicted molar refractivity (Wildman–Crippen MR) is 113 cm³/mol. The van der Waals surface area contributed by atoms with Crippen LogP contribution in [-0.2, 0) is 11.0 Å². The summed E-state index contributed by atoms with van der Waals surface area (Å²) in [4.78, 5) is 25.2. The number of aromatic nitrogens is 2. The molecule has 166 valence electrons. The molecule has 0 radical (unpaired) electrons. The maximum Gasteiger partial charge on any atom is 0.417 e. The molecular weight excluding hydrogens is 431 g/mol. The number of piperidine rings is 1. The third-order valence-corrected chi connectivity index (χ3v) is 6.04. The minimum atomic E-state index is -4.49. The third-order valence-electron chi connectivity index (χ3n) is 5.76. The van der Waals surface area contributed by atoms with Gasteiger partial charge in [-0.15, -0.1) is 0 Å². The average Bonchev–Trinajstić information content (AvgIpc) is 3.28. The van der Waals surface area contributed by atoms with Crippen LogP contribution in [0, 0.1) is 5.92 Å². The van der Waals surface area contributed by atoms with E-state index in [1.807, 2.05) is 11.0 Å². The van der Waals surface area contributed by atoms with Crippen molar-refractivity contribution >= 4 is 34.8 Å². The van der Waals surface area contributed by atoms with E-state index >= 15 is 0 Å². The molecule has 4 rings (SSSR count). The molecule has 0 spiro atoms. The molecule has 4 heterocycles. The Morgan fingerprint density at radius 3 is 2.39 bits per heavy atom. The van der Waals surface area contributed by atoms with Crippen LogP contribution in [0.5, 0.6) is 0 Å². The predicted octanol–water partition coefficient (Wildman–Crippen LogP) is 4.60. The number of amides is 1. The quantitative estimate of drug-likeness (QED) is 0.732. The van der Waals surface area contributed by atoms with Crippen LogP contribution in [0.2, 0.25) is 5.02 Å². The normalized spacial score (nSPS) is 17.8. The van der Waals surface area contributed by atoms with Crippen molar-refractivity contribution < 1.29 is 18.0 Å². The number of nitrogens with one attached hydrogen (secondary N) is 1. The lowest BCUT2D eigenvalue weighted by molar-refractivity contribution is -0.137. The number of nitrogens with zero attached hydrogens (tertiary/aromatic N) is 4. The highest BCUT2D eigenvalue weighted by atomic mass is 35.5. The Labute approximate surface area is 183 Å². The Balaban J connectivity index is 1.38. The van der Waals surface area contributed by atoms with Crippen LogP contribution in [0.15, 0.2) is 30.6 Å². The van der Waals surface area contributed by atoms with E-state index < -0.39 is 11.7 Å². The zero-order valence-corrected chi connectivity index (χ0v) is 17.6. The van der Waals surface area contributed by atoms with Crippen LogP contribution >= 0.6 is 11.6 Å². The van der Waals surface area contributed by atoms with E-state index in [1.54, 1.807) is 12.3 Å².